The fraction of sp³-hybridized carbons (Fsp3) is 0.188. The molecule has 106 valence electrons. The monoisotopic (exact) mass is 281 g/mol. The first kappa shape index (κ1) is 13.3. The van der Waals surface area contributed by atoms with Crippen molar-refractivity contribution in [1.82, 2.24) is 15.1 Å². The Kier molecular flexibility index (Phi) is 3.64. The minimum absolute atomic E-state index is 0.251. The molecule has 2 heterocycles. The Balaban J connectivity index is 1.69. The number of aromatic nitrogens is 3. The Morgan fingerprint density at radius 2 is 1.86 bits per heavy atom. The van der Waals surface area contributed by atoms with Crippen molar-refractivity contribution in [2.24, 2.45) is 0 Å². The standard InChI is InChI=1S/C16H15N3O2/c1-11-3-4-14(9-12(11)2)20-10-15-18-16(19-21-15)13-5-7-17-8-6-13/h3-9H,10H2,1-2H3. The lowest BCUT2D eigenvalue weighted by Crippen LogP contribution is -1.96. The molecule has 0 saturated heterocycles. The molecular weight excluding hydrogens is 266 g/mol. The molecule has 0 aliphatic heterocycles. The maximum Gasteiger partial charge on any atom is 0.264 e. The van der Waals surface area contributed by atoms with Gasteiger partial charge in [0.2, 0.25) is 5.82 Å². The number of hydrogen-bond donors (Lipinski definition) is 0. The maximum absolute atomic E-state index is 5.67. The van der Waals surface area contributed by atoms with Gasteiger partial charge in [0.05, 0.1) is 0 Å². The predicted molar refractivity (Wildman–Crippen MR) is 77.8 cm³/mol. The highest BCUT2D eigenvalue weighted by Gasteiger charge is 2.09. The zero-order valence-corrected chi connectivity index (χ0v) is 11.9. The molecule has 0 amide bonds. The lowest BCUT2D eigenvalue weighted by Gasteiger charge is -2.05. The second-order valence-corrected chi connectivity index (χ2v) is 4.78. The second-order valence-electron chi connectivity index (χ2n) is 4.78. The minimum atomic E-state index is 0.251. The fourth-order valence-electron chi connectivity index (χ4n) is 1.88. The van der Waals surface area contributed by atoms with E-state index in [0.717, 1.165) is 11.3 Å². The molecule has 0 radical (unpaired) electrons. The molecule has 5 nitrogen and oxygen atoms in total. The summed E-state index contributed by atoms with van der Waals surface area (Å²) in [6.07, 6.45) is 3.38. The average Bonchev–Trinajstić information content (AvgIpc) is 2.98. The zero-order valence-electron chi connectivity index (χ0n) is 11.9. The molecule has 0 spiro atoms. The van der Waals surface area contributed by atoms with Crippen LogP contribution >= 0.6 is 0 Å². The van der Waals surface area contributed by atoms with Gasteiger partial charge in [-0.3, -0.25) is 4.98 Å². The van der Waals surface area contributed by atoms with Gasteiger partial charge in [-0.2, -0.15) is 4.98 Å². The van der Waals surface area contributed by atoms with Crippen LogP contribution < -0.4 is 4.74 Å². The summed E-state index contributed by atoms with van der Waals surface area (Å²) in [5, 5.41) is 3.94. The summed E-state index contributed by atoms with van der Waals surface area (Å²) in [6, 6.07) is 9.62. The van der Waals surface area contributed by atoms with Crippen molar-refractivity contribution in [3.63, 3.8) is 0 Å². The molecular formula is C16H15N3O2. The first-order chi connectivity index (χ1) is 10.2. The predicted octanol–water partition coefficient (Wildman–Crippen LogP) is 3.33. The smallest absolute Gasteiger partial charge is 0.264 e. The van der Waals surface area contributed by atoms with Gasteiger partial charge in [-0.15, -0.1) is 0 Å². The van der Waals surface area contributed by atoms with E-state index in [0.29, 0.717) is 11.7 Å². The van der Waals surface area contributed by atoms with Crippen molar-refractivity contribution in [3.05, 3.63) is 59.7 Å². The van der Waals surface area contributed by atoms with Gasteiger partial charge in [0.25, 0.3) is 5.89 Å². The van der Waals surface area contributed by atoms with Gasteiger partial charge in [0, 0.05) is 18.0 Å². The zero-order chi connectivity index (χ0) is 14.7. The summed E-state index contributed by atoms with van der Waals surface area (Å²) in [7, 11) is 0. The third-order valence-electron chi connectivity index (χ3n) is 3.25. The number of ether oxygens (including phenoxy) is 1. The summed E-state index contributed by atoms with van der Waals surface area (Å²) >= 11 is 0. The largest absolute Gasteiger partial charge is 0.484 e. The Hall–Kier alpha value is -2.69. The van der Waals surface area contributed by atoms with Crippen LogP contribution in [0.1, 0.15) is 17.0 Å². The van der Waals surface area contributed by atoms with Crippen molar-refractivity contribution in [2.75, 3.05) is 0 Å². The molecule has 2 aromatic heterocycles. The van der Waals surface area contributed by atoms with Gasteiger partial charge in [0.15, 0.2) is 6.61 Å². The van der Waals surface area contributed by atoms with Crippen LogP contribution in [0.4, 0.5) is 0 Å². The third kappa shape index (κ3) is 3.08. The molecule has 21 heavy (non-hydrogen) atoms. The van der Waals surface area contributed by atoms with Crippen LogP contribution in [0.15, 0.2) is 47.2 Å². The lowest BCUT2D eigenvalue weighted by molar-refractivity contribution is 0.243. The van der Waals surface area contributed by atoms with Crippen molar-refractivity contribution < 1.29 is 9.26 Å². The molecule has 3 aromatic rings. The number of nitrogens with zero attached hydrogens (tertiary/aromatic N) is 3. The quantitative estimate of drug-likeness (QED) is 0.734. The first-order valence-corrected chi connectivity index (χ1v) is 6.65. The van der Waals surface area contributed by atoms with E-state index in [1.807, 2.05) is 30.3 Å². The van der Waals surface area contributed by atoms with Crippen LogP contribution in [0.5, 0.6) is 5.75 Å². The van der Waals surface area contributed by atoms with Crippen molar-refractivity contribution in [1.29, 1.82) is 0 Å². The summed E-state index contributed by atoms with van der Waals surface area (Å²) in [4.78, 5) is 8.26. The average molecular weight is 281 g/mol. The SMILES string of the molecule is Cc1ccc(OCc2nc(-c3ccncc3)no2)cc1C. The molecule has 0 N–H and O–H groups in total. The number of aryl methyl sites for hydroxylation is 2. The van der Waals surface area contributed by atoms with Gasteiger partial charge in [-0.25, -0.2) is 0 Å². The van der Waals surface area contributed by atoms with Crippen molar-refractivity contribution in [3.8, 4) is 17.1 Å². The topological polar surface area (TPSA) is 61.0 Å². The van der Waals surface area contributed by atoms with E-state index in [1.54, 1.807) is 12.4 Å². The van der Waals surface area contributed by atoms with Crippen LogP contribution in [0, 0.1) is 13.8 Å². The molecule has 1 aromatic carbocycles. The number of hydrogen-bond acceptors (Lipinski definition) is 5. The summed E-state index contributed by atoms with van der Waals surface area (Å²) in [5.41, 5.74) is 3.29. The molecule has 0 saturated carbocycles. The normalized spacial score (nSPS) is 10.6. The number of rotatable bonds is 4. The molecule has 0 fully saturated rings. The number of benzene rings is 1. The lowest BCUT2D eigenvalue weighted by atomic mass is 10.1. The molecule has 0 aliphatic carbocycles. The molecule has 5 heteroatoms. The summed E-state index contributed by atoms with van der Waals surface area (Å²) in [6.45, 7) is 4.37. The molecule has 0 bridgehead atoms. The van der Waals surface area contributed by atoms with Gasteiger partial charge in [-0.05, 0) is 49.2 Å². The minimum Gasteiger partial charge on any atom is -0.484 e. The van der Waals surface area contributed by atoms with Gasteiger partial charge < -0.3 is 9.26 Å². The van der Waals surface area contributed by atoms with Gasteiger partial charge in [0.1, 0.15) is 5.75 Å². The molecule has 0 unspecified atom stereocenters. The Bertz CT molecular complexity index is 738. The third-order valence-corrected chi connectivity index (χ3v) is 3.25. The van der Waals surface area contributed by atoms with Crippen LogP contribution in [0.2, 0.25) is 0 Å². The van der Waals surface area contributed by atoms with E-state index < -0.39 is 0 Å². The molecule has 0 atom stereocenters. The summed E-state index contributed by atoms with van der Waals surface area (Å²) in [5.74, 6) is 1.78. The fourth-order valence-corrected chi connectivity index (χ4v) is 1.88. The van der Waals surface area contributed by atoms with E-state index in [1.165, 1.54) is 11.1 Å². The van der Waals surface area contributed by atoms with E-state index in [9.17, 15) is 0 Å². The van der Waals surface area contributed by atoms with Crippen molar-refractivity contribution >= 4 is 0 Å². The summed E-state index contributed by atoms with van der Waals surface area (Å²) < 4.78 is 10.9. The molecule has 3 rings (SSSR count). The highest BCUT2D eigenvalue weighted by molar-refractivity contribution is 5.52. The van der Waals surface area contributed by atoms with Crippen LogP contribution in [0.3, 0.4) is 0 Å². The van der Waals surface area contributed by atoms with Crippen LogP contribution in [-0.4, -0.2) is 15.1 Å². The highest BCUT2D eigenvalue weighted by atomic mass is 16.5. The maximum atomic E-state index is 5.67. The van der Waals surface area contributed by atoms with E-state index in [2.05, 4.69) is 29.0 Å². The van der Waals surface area contributed by atoms with E-state index in [4.69, 9.17) is 9.26 Å². The van der Waals surface area contributed by atoms with Gasteiger partial charge in [-0.1, -0.05) is 11.2 Å². The van der Waals surface area contributed by atoms with E-state index >= 15 is 0 Å². The Labute approximate surface area is 122 Å². The van der Waals surface area contributed by atoms with Crippen LogP contribution in [-0.2, 0) is 6.61 Å². The second kappa shape index (κ2) is 5.75. The Morgan fingerprint density at radius 3 is 2.62 bits per heavy atom. The molecule has 0 aliphatic rings. The van der Waals surface area contributed by atoms with Crippen LogP contribution in [0.25, 0.3) is 11.4 Å². The van der Waals surface area contributed by atoms with Gasteiger partial charge >= 0.3 is 0 Å². The highest BCUT2D eigenvalue weighted by Crippen LogP contribution is 2.18. The van der Waals surface area contributed by atoms with Crippen molar-refractivity contribution in [2.45, 2.75) is 20.5 Å². The van der Waals surface area contributed by atoms with E-state index in [-0.39, 0.29) is 6.61 Å². The first-order valence-electron chi connectivity index (χ1n) is 6.65. The number of pyridine rings is 1. The Morgan fingerprint density at radius 1 is 1.05 bits per heavy atom.